The van der Waals surface area contributed by atoms with E-state index in [0.717, 1.165) is 60.2 Å². The fourth-order valence-corrected chi connectivity index (χ4v) is 4.46. The molecule has 2 aromatic carbocycles. The Morgan fingerprint density at radius 1 is 1.17 bits per heavy atom. The number of hydrogen-bond acceptors (Lipinski definition) is 5. The number of nitrogens with zero attached hydrogens (tertiary/aromatic N) is 4. The Balaban J connectivity index is 1.57. The second-order valence-electron chi connectivity index (χ2n) is 7.54. The van der Waals surface area contributed by atoms with Gasteiger partial charge in [0.1, 0.15) is 12.4 Å². The molecule has 0 aliphatic carbocycles. The van der Waals surface area contributed by atoms with Crippen LogP contribution in [0.15, 0.2) is 42.5 Å². The third-order valence-electron chi connectivity index (χ3n) is 5.39. The van der Waals surface area contributed by atoms with Gasteiger partial charge in [0.15, 0.2) is 0 Å². The molecular formula is C22H26ClN5OS. The number of fused-ring (bicyclic) bond motifs is 1. The zero-order valence-electron chi connectivity index (χ0n) is 17.3. The highest BCUT2D eigenvalue weighted by molar-refractivity contribution is 7.97. The van der Waals surface area contributed by atoms with Crippen LogP contribution >= 0.6 is 23.4 Å². The smallest absolute Gasteiger partial charge is 0.244 e. The number of amides is 1. The number of aromatic nitrogens is 2. The Morgan fingerprint density at radius 3 is 2.70 bits per heavy atom. The molecule has 0 unspecified atom stereocenters. The zero-order valence-corrected chi connectivity index (χ0v) is 18.8. The Labute approximate surface area is 186 Å². The van der Waals surface area contributed by atoms with Gasteiger partial charge in [-0.25, -0.2) is 4.98 Å². The van der Waals surface area contributed by atoms with Crippen molar-refractivity contribution in [1.82, 2.24) is 14.5 Å². The molecule has 0 spiro atoms. The largest absolute Gasteiger partial charge is 0.367 e. The maximum Gasteiger partial charge on any atom is 0.244 e. The molecule has 158 valence electrons. The van der Waals surface area contributed by atoms with Crippen molar-refractivity contribution in [2.45, 2.75) is 12.3 Å². The average molecular weight is 444 g/mol. The van der Waals surface area contributed by atoms with E-state index in [9.17, 15) is 4.79 Å². The van der Waals surface area contributed by atoms with E-state index in [1.54, 1.807) is 11.8 Å². The standard InChI is InChI=1S/C22H26ClN5OS/c1-26-9-11-27(12-10-26)19-8-7-16(23)13-18(19)25-22(29)14-28-20-6-4-3-5-17(20)24-21(28)15-30-2/h3-8,13H,9-12,14-15H2,1-2H3,(H,25,29). The van der Waals surface area contributed by atoms with Gasteiger partial charge < -0.3 is 19.7 Å². The van der Waals surface area contributed by atoms with Crippen molar-refractivity contribution in [3.8, 4) is 0 Å². The van der Waals surface area contributed by atoms with E-state index in [-0.39, 0.29) is 12.5 Å². The molecular weight excluding hydrogens is 418 g/mol. The number of thioether (sulfide) groups is 1. The molecule has 8 heteroatoms. The third-order valence-corrected chi connectivity index (χ3v) is 6.17. The summed E-state index contributed by atoms with van der Waals surface area (Å²) in [5.74, 6) is 1.58. The van der Waals surface area contributed by atoms with Gasteiger partial charge in [0.05, 0.1) is 28.2 Å². The summed E-state index contributed by atoms with van der Waals surface area (Å²) in [6.45, 7) is 4.05. The minimum atomic E-state index is -0.0850. The van der Waals surface area contributed by atoms with Gasteiger partial charge in [-0.15, -0.1) is 0 Å². The number of anilines is 2. The number of piperazine rings is 1. The first-order chi connectivity index (χ1) is 14.5. The summed E-state index contributed by atoms with van der Waals surface area (Å²) in [6.07, 6.45) is 2.04. The molecule has 1 aliphatic rings. The van der Waals surface area contributed by atoms with Crippen molar-refractivity contribution in [3.05, 3.63) is 53.3 Å². The van der Waals surface area contributed by atoms with Crippen LogP contribution in [0.5, 0.6) is 0 Å². The number of carbonyl (C=O) groups excluding carboxylic acids is 1. The quantitative estimate of drug-likeness (QED) is 0.625. The fraction of sp³-hybridized carbons (Fsp3) is 0.364. The SMILES string of the molecule is CSCc1nc2ccccc2n1CC(=O)Nc1cc(Cl)ccc1N1CCN(C)CC1. The van der Waals surface area contributed by atoms with Crippen molar-refractivity contribution < 1.29 is 4.79 Å². The topological polar surface area (TPSA) is 53.4 Å². The van der Waals surface area contributed by atoms with Gasteiger partial charge in [0.2, 0.25) is 5.91 Å². The highest BCUT2D eigenvalue weighted by Crippen LogP contribution is 2.30. The van der Waals surface area contributed by atoms with Crippen LogP contribution in [0.25, 0.3) is 11.0 Å². The molecule has 0 saturated carbocycles. The first-order valence-corrected chi connectivity index (χ1v) is 11.8. The first kappa shape index (κ1) is 21.0. The van der Waals surface area contributed by atoms with E-state index in [4.69, 9.17) is 16.6 Å². The Bertz CT molecular complexity index is 1050. The highest BCUT2D eigenvalue weighted by atomic mass is 35.5. The lowest BCUT2D eigenvalue weighted by atomic mass is 10.2. The van der Waals surface area contributed by atoms with Crippen LogP contribution in [-0.4, -0.2) is 59.8 Å². The van der Waals surface area contributed by atoms with Crippen LogP contribution in [0.4, 0.5) is 11.4 Å². The molecule has 1 amide bonds. The molecule has 30 heavy (non-hydrogen) atoms. The summed E-state index contributed by atoms with van der Waals surface area (Å²) in [7, 11) is 2.13. The molecule has 6 nitrogen and oxygen atoms in total. The number of rotatable bonds is 6. The molecule has 4 rings (SSSR count). The van der Waals surface area contributed by atoms with Crippen molar-refractivity contribution in [1.29, 1.82) is 0 Å². The third kappa shape index (κ3) is 4.58. The molecule has 0 radical (unpaired) electrons. The second kappa shape index (κ2) is 9.29. The summed E-state index contributed by atoms with van der Waals surface area (Å²) in [5.41, 5.74) is 3.66. The molecule has 1 N–H and O–H groups in total. The number of halogens is 1. The summed E-state index contributed by atoms with van der Waals surface area (Å²) in [4.78, 5) is 22.4. The zero-order chi connectivity index (χ0) is 21.1. The lowest BCUT2D eigenvalue weighted by Gasteiger charge is -2.35. The number of para-hydroxylation sites is 2. The molecule has 0 bridgehead atoms. The van der Waals surface area contributed by atoms with Crippen molar-refractivity contribution in [2.24, 2.45) is 0 Å². The van der Waals surface area contributed by atoms with E-state index >= 15 is 0 Å². The van der Waals surface area contributed by atoms with Gasteiger partial charge in [-0.3, -0.25) is 4.79 Å². The minimum absolute atomic E-state index is 0.0850. The Morgan fingerprint density at radius 2 is 1.93 bits per heavy atom. The minimum Gasteiger partial charge on any atom is -0.367 e. The molecule has 1 saturated heterocycles. The summed E-state index contributed by atoms with van der Waals surface area (Å²) in [5, 5.41) is 3.71. The van der Waals surface area contributed by atoms with Crippen LogP contribution in [0.2, 0.25) is 5.02 Å². The van der Waals surface area contributed by atoms with E-state index in [0.29, 0.717) is 5.02 Å². The van der Waals surface area contributed by atoms with Crippen molar-refractivity contribution in [3.63, 3.8) is 0 Å². The molecule has 1 fully saturated rings. The predicted molar refractivity (Wildman–Crippen MR) is 127 cm³/mol. The second-order valence-corrected chi connectivity index (χ2v) is 8.84. The summed E-state index contributed by atoms with van der Waals surface area (Å²) in [6, 6.07) is 13.6. The lowest BCUT2D eigenvalue weighted by molar-refractivity contribution is -0.116. The number of carbonyl (C=O) groups is 1. The molecule has 0 atom stereocenters. The van der Waals surface area contributed by atoms with E-state index < -0.39 is 0 Å². The van der Waals surface area contributed by atoms with Gasteiger partial charge in [0, 0.05) is 31.2 Å². The Kier molecular flexibility index (Phi) is 6.51. The van der Waals surface area contributed by atoms with Crippen LogP contribution in [-0.2, 0) is 17.1 Å². The van der Waals surface area contributed by atoms with Gasteiger partial charge in [-0.2, -0.15) is 11.8 Å². The Hall–Kier alpha value is -2.22. The first-order valence-electron chi connectivity index (χ1n) is 10.0. The number of hydrogen-bond donors (Lipinski definition) is 1. The van der Waals surface area contributed by atoms with E-state index in [1.165, 1.54) is 0 Å². The van der Waals surface area contributed by atoms with E-state index in [1.807, 2.05) is 53.3 Å². The highest BCUT2D eigenvalue weighted by Gasteiger charge is 2.19. The summed E-state index contributed by atoms with van der Waals surface area (Å²) >= 11 is 7.95. The van der Waals surface area contributed by atoms with Crippen LogP contribution in [0, 0.1) is 0 Å². The summed E-state index contributed by atoms with van der Waals surface area (Å²) < 4.78 is 2.00. The van der Waals surface area contributed by atoms with Gasteiger partial charge in [-0.05, 0) is 43.6 Å². The van der Waals surface area contributed by atoms with Gasteiger partial charge >= 0.3 is 0 Å². The fourth-order valence-electron chi connectivity index (χ4n) is 3.81. The predicted octanol–water partition coefficient (Wildman–Crippen LogP) is 3.94. The normalized spacial score (nSPS) is 15.0. The van der Waals surface area contributed by atoms with Crippen LogP contribution < -0.4 is 10.2 Å². The number of likely N-dealkylation sites (N-methyl/N-ethyl adjacent to an activating group) is 1. The van der Waals surface area contributed by atoms with Crippen molar-refractivity contribution in [2.75, 3.05) is 49.7 Å². The molecule has 1 aliphatic heterocycles. The lowest BCUT2D eigenvalue weighted by Crippen LogP contribution is -2.44. The van der Waals surface area contributed by atoms with Gasteiger partial charge in [0.25, 0.3) is 0 Å². The molecule has 2 heterocycles. The van der Waals surface area contributed by atoms with Crippen LogP contribution in [0.1, 0.15) is 5.82 Å². The number of imidazole rings is 1. The number of benzene rings is 2. The van der Waals surface area contributed by atoms with Crippen molar-refractivity contribution >= 4 is 51.7 Å². The maximum atomic E-state index is 13.0. The maximum absolute atomic E-state index is 13.0. The van der Waals surface area contributed by atoms with Gasteiger partial charge in [-0.1, -0.05) is 23.7 Å². The number of nitrogens with one attached hydrogen (secondary N) is 1. The van der Waals surface area contributed by atoms with E-state index in [2.05, 4.69) is 22.2 Å². The monoisotopic (exact) mass is 443 g/mol. The molecule has 1 aromatic heterocycles. The molecule has 3 aromatic rings. The average Bonchev–Trinajstić information content (AvgIpc) is 3.06. The van der Waals surface area contributed by atoms with Crippen LogP contribution in [0.3, 0.4) is 0 Å².